The largest absolute Gasteiger partial charge is 0.477 e. The monoisotopic (exact) mass is 331 g/mol. The zero-order valence-electron chi connectivity index (χ0n) is 12.7. The Bertz CT molecular complexity index is 726. The molecule has 1 saturated heterocycles. The number of hydrogen-bond acceptors (Lipinski definition) is 5. The smallest absolute Gasteiger partial charge is 0.354 e. The standard InChI is InChI=1S/C16H17N3O3S/c1-10-9-23-14(18-10)13-4-2-3-7-19(13)15(20)11-5-6-12(16(21)22)17-8-11/h5-6,8-9,13H,2-4,7H2,1H3,(H,21,22). The summed E-state index contributed by atoms with van der Waals surface area (Å²) in [6.07, 6.45) is 4.28. The van der Waals surface area contributed by atoms with Crippen molar-refractivity contribution in [2.75, 3.05) is 6.54 Å². The van der Waals surface area contributed by atoms with E-state index in [4.69, 9.17) is 5.11 Å². The van der Waals surface area contributed by atoms with Crippen LogP contribution in [0.5, 0.6) is 0 Å². The number of piperidine rings is 1. The lowest BCUT2D eigenvalue weighted by Crippen LogP contribution is -2.38. The van der Waals surface area contributed by atoms with Crippen LogP contribution in [0.3, 0.4) is 0 Å². The summed E-state index contributed by atoms with van der Waals surface area (Å²) >= 11 is 1.58. The SMILES string of the molecule is Cc1csc(C2CCCCN2C(=O)c2ccc(C(=O)O)nc2)n1. The summed E-state index contributed by atoms with van der Waals surface area (Å²) in [5.74, 6) is -1.22. The molecular weight excluding hydrogens is 314 g/mol. The summed E-state index contributed by atoms with van der Waals surface area (Å²) in [7, 11) is 0. The Hall–Kier alpha value is -2.28. The normalized spacial score (nSPS) is 18.0. The number of nitrogens with zero attached hydrogens (tertiary/aromatic N) is 3. The first-order valence-corrected chi connectivity index (χ1v) is 8.36. The number of pyridine rings is 1. The molecule has 6 nitrogen and oxygen atoms in total. The molecule has 0 radical (unpaired) electrons. The number of carboxylic acid groups (broad SMARTS) is 1. The maximum atomic E-state index is 12.8. The molecule has 3 heterocycles. The lowest BCUT2D eigenvalue weighted by Gasteiger charge is -2.34. The molecule has 7 heteroatoms. The van der Waals surface area contributed by atoms with Gasteiger partial charge in [-0.3, -0.25) is 4.79 Å². The first kappa shape index (κ1) is 15.6. The van der Waals surface area contributed by atoms with Gasteiger partial charge in [0.1, 0.15) is 10.7 Å². The Kier molecular flexibility index (Phi) is 4.38. The van der Waals surface area contributed by atoms with Gasteiger partial charge in [-0.1, -0.05) is 0 Å². The minimum atomic E-state index is -1.10. The second kappa shape index (κ2) is 6.45. The van der Waals surface area contributed by atoms with Gasteiger partial charge in [-0.25, -0.2) is 14.8 Å². The predicted octanol–water partition coefficient (Wildman–Crippen LogP) is 2.91. The van der Waals surface area contributed by atoms with Crippen molar-refractivity contribution in [2.45, 2.75) is 32.2 Å². The van der Waals surface area contributed by atoms with Gasteiger partial charge in [0, 0.05) is 23.8 Å². The molecule has 1 aliphatic heterocycles. The molecule has 23 heavy (non-hydrogen) atoms. The van der Waals surface area contributed by atoms with Crippen LogP contribution in [0, 0.1) is 6.92 Å². The predicted molar refractivity (Wildman–Crippen MR) is 85.7 cm³/mol. The van der Waals surface area contributed by atoms with E-state index < -0.39 is 5.97 Å². The minimum Gasteiger partial charge on any atom is -0.477 e. The number of carboxylic acids is 1. The molecule has 1 N–H and O–H groups in total. The highest BCUT2D eigenvalue weighted by Gasteiger charge is 2.30. The van der Waals surface area contributed by atoms with Crippen LogP contribution in [-0.4, -0.2) is 38.4 Å². The molecule has 1 atom stereocenters. The van der Waals surface area contributed by atoms with Crippen molar-refractivity contribution < 1.29 is 14.7 Å². The van der Waals surface area contributed by atoms with Crippen molar-refractivity contribution in [3.05, 3.63) is 45.7 Å². The molecule has 1 amide bonds. The molecular formula is C16H17N3O3S. The van der Waals surface area contributed by atoms with Crippen molar-refractivity contribution in [3.8, 4) is 0 Å². The maximum absolute atomic E-state index is 12.8. The van der Waals surface area contributed by atoms with E-state index in [1.165, 1.54) is 18.3 Å². The van der Waals surface area contributed by atoms with Crippen LogP contribution in [0.25, 0.3) is 0 Å². The summed E-state index contributed by atoms with van der Waals surface area (Å²) in [4.78, 5) is 33.8. The van der Waals surface area contributed by atoms with Gasteiger partial charge in [-0.05, 0) is 38.3 Å². The van der Waals surface area contributed by atoms with Crippen molar-refractivity contribution in [1.82, 2.24) is 14.9 Å². The van der Waals surface area contributed by atoms with Crippen molar-refractivity contribution in [3.63, 3.8) is 0 Å². The van der Waals surface area contributed by atoms with Crippen molar-refractivity contribution in [1.29, 1.82) is 0 Å². The van der Waals surface area contributed by atoms with Gasteiger partial charge in [0.15, 0.2) is 0 Å². The number of amides is 1. The van der Waals surface area contributed by atoms with Gasteiger partial charge in [-0.2, -0.15) is 0 Å². The molecule has 1 aliphatic rings. The van der Waals surface area contributed by atoms with Crippen LogP contribution in [0.2, 0.25) is 0 Å². The number of aromatic nitrogens is 2. The summed E-state index contributed by atoms with van der Waals surface area (Å²) in [5.41, 5.74) is 1.32. The van der Waals surface area contributed by atoms with Gasteiger partial charge >= 0.3 is 5.97 Å². The maximum Gasteiger partial charge on any atom is 0.354 e. The molecule has 2 aromatic heterocycles. The number of thiazole rings is 1. The topological polar surface area (TPSA) is 83.4 Å². The number of carbonyl (C=O) groups excluding carboxylic acids is 1. The number of rotatable bonds is 3. The molecule has 120 valence electrons. The van der Waals surface area contributed by atoms with E-state index in [-0.39, 0.29) is 17.6 Å². The highest BCUT2D eigenvalue weighted by molar-refractivity contribution is 7.09. The van der Waals surface area contributed by atoms with Gasteiger partial charge in [0.05, 0.1) is 11.6 Å². The molecule has 0 saturated carbocycles. The van der Waals surface area contributed by atoms with Crippen LogP contribution >= 0.6 is 11.3 Å². The first-order valence-electron chi connectivity index (χ1n) is 7.48. The Balaban J connectivity index is 1.85. The van der Waals surface area contributed by atoms with Gasteiger partial charge in [0.25, 0.3) is 5.91 Å². The van der Waals surface area contributed by atoms with E-state index in [2.05, 4.69) is 9.97 Å². The highest BCUT2D eigenvalue weighted by Crippen LogP contribution is 2.33. The number of likely N-dealkylation sites (tertiary alicyclic amines) is 1. The second-order valence-corrected chi connectivity index (χ2v) is 6.46. The van der Waals surface area contributed by atoms with E-state index in [1.54, 1.807) is 11.3 Å². The van der Waals surface area contributed by atoms with E-state index in [0.717, 1.165) is 30.0 Å². The number of aromatic carboxylic acids is 1. The molecule has 0 aromatic carbocycles. The van der Waals surface area contributed by atoms with Crippen LogP contribution in [0.4, 0.5) is 0 Å². The fraction of sp³-hybridized carbons (Fsp3) is 0.375. The summed E-state index contributed by atoms with van der Waals surface area (Å²) in [6.45, 7) is 2.63. The van der Waals surface area contributed by atoms with Crippen LogP contribution in [-0.2, 0) is 0 Å². The molecule has 1 unspecified atom stereocenters. The fourth-order valence-corrected chi connectivity index (χ4v) is 3.71. The lowest BCUT2D eigenvalue weighted by atomic mass is 10.0. The average Bonchev–Trinajstić information content (AvgIpc) is 3.00. The van der Waals surface area contributed by atoms with Crippen molar-refractivity contribution >= 4 is 23.2 Å². The number of aryl methyl sites for hydroxylation is 1. The third-order valence-electron chi connectivity index (χ3n) is 3.92. The van der Waals surface area contributed by atoms with E-state index in [1.807, 2.05) is 17.2 Å². The number of hydrogen-bond donors (Lipinski definition) is 1. The zero-order valence-corrected chi connectivity index (χ0v) is 13.5. The third-order valence-corrected chi connectivity index (χ3v) is 4.98. The van der Waals surface area contributed by atoms with Crippen molar-refractivity contribution in [2.24, 2.45) is 0 Å². The highest BCUT2D eigenvalue weighted by atomic mass is 32.1. The fourth-order valence-electron chi connectivity index (χ4n) is 2.77. The van der Waals surface area contributed by atoms with Crippen LogP contribution in [0.1, 0.15) is 56.9 Å². The molecule has 0 spiro atoms. The van der Waals surface area contributed by atoms with Crippen LogP contribution in [0.15, 0.2) is 23.7 Å². The Morgan fingerprint density at radius 1 is 1.35 bits per heavy atom. The summed E-state index contributed by atoms with van der Waals surface area (Å²) < 4.78 is 0. The van der Waals surface area contributed by atoms with E-state index in [0.29, 0.717) is 12.1 Å². The Morgan fingerprint density at radius 3 is 2.78 bits per heavy atom. The average molecular weight is 331 g/mol. The van der Waals surface area contributed by atoms with Gasteiger partial charge in [-0.15, -0.1) is 11.3 Å². The molecule has 1 fully saturated rings. The third kappa shape index (κ3) is 3.24. The minimum absolute atomic E-state index is 0.00546. The second-order valence-electron chi connectivity index (χ2n) is 5.57. The zero-order chi connectivity index (χ0) is 16.4. The molecule has 0 bridgehead atoms. The quantitative estimate of drug-likeness (QED) is 0.935. The Labute approximate surface area is 137 Å². The van der Waals surface area contributed by atoms with Crippen LogP contribution < -0.4 is 0 Å². The molecule has 0 aliphatic carbocycles. The summed E-state index contributed by atoms with van der Waals surface area (Å²) in [5, 5.41) is 11.9. The molecule has 2 aromatic rings. The van der Waals surface area contributed by atoms with E-state index in [9.17, 15) is 9.59 Å². The number of carbonyl (C=O) groups is 2. The molecule has 3 rings (SSSR count). The lowest BCUT2D eigenvalue weighted by molar-refractivity contribution is 0.0608. The van der Waals surface area contributed by atoms with Gasteiger partial charge in [0.2, 0.25) is 0 Å². The van der Waals surface area contributed by atoms with E-state index >= 15 is 0 Å². The Morgan fingerprint density at radius 2 is 2.17 bits per heavy atom. The first-order chi connectivity index (χ1) is 11.1. The summed E-state index contributed by atoms with van der Waals surface area (Å²) in [6, 6.07) is 2.88. The van der Waals surface area contributed by atoms with Gasteiger partial charge < -0.3 is 10.0 Å².